The first kappa shape index (κ1) is 15.6. The van der Waals surface area contributed by atoms with Crippen LogP contribution in [0.1, 0.15) is 19.4 Å². The van der Waals surface area contributed by atoms with Gasteiger partial charge in [0.1, 0.15) is 0 Å². The molecule has 7 heteroatoms. The van der Waals surface area contributed by atoms with E-state index in [2.05, 4.69) is 5.32 Å². The van der Waals surface area contributed by atoms with Gasteiger partial charge >= 0.3 is 5.97 Å². The number of nitro benzene ring substituents is 1. The van der Waals surface area contributed by atoms with Crippen LogP contribution in [0.25, 0.3) is 0 Å². The maximum absolute atomic E-state index is 11.9. The van der Waals surface area contributed by atoms with Crippen LogP contribution < -0.4 is 5.32 Å². The number of aliphatic carboxylic acids is 1. The second-order valence-corrected chi connectivity index (χ2v) is 4.61. The van der Waals surface area contributed by atoms with Gasteiger partial charge in [0.05, 0.1) is 22.1 Å². The lowest BCUT2D eigenvalue weighted by Crippen LogP contribution is -2.30. The molecule has 20 heavy (non-hydrogen) atoms. The molecule has 108 valence electrons. The zero-order valence-corrected chi connectivity index (χ0v) is 11.4. The van der Waals surface area contributed by atoms with E-state index in [0.717, 1.165) is 0 Å². The highest BCUT2D eigenvalue weighted by atomic mass is 16.6. The smallest absolute Gasteiger partial charge is 0.307 e. The van der Waals surface area contributed by atoms with Gasteiger partial charge in [-0.1, -0.05) is 19.9 Å². The van der Waals surface area contributed by atoms with Crippen molar-refractivity contribution < 1.29 is 19.6 Å². The minimum Gasteiger partial charge on any atom is -0.481 e. The van der Waals surface area contributed by atoms with Crippen molar-refractivity contribution in [3.8, 4) is 0 Å². The van der Waals surface area contributed by atoms with Crippen LogP contribution in [0, 0.1) is 28.9 Å². The van der Waals surface area contributed by atoms with Gasteiger partial charge < -0.3 is 10.4 Å². The molecule has 1 amide bonds. The van der Waals surface area contributed by atoms with Crippen molar-refractivity contribution in [2.75, 3.05) is 5.32 Å². The first-order valence-electron chi connectivity index (χ1n) is 6.03. The van der Waals surface area contributed by atoms with Gasteiger partial charge in [0.25, 0.3) is 5.69 Å². The van der Waals surface area contributed by atoms with Crippen molar-refractivity contribution in [2.24, 2.45) is 11.8 Å². The van der Waals surface area contributed by atoms with Crippen molar-refractivity contribution in [2.45, 2.75) is 20.8 Å². The molecule has 0 aromatic heterocycles. The Balaban J connectivity index is 2.94. The number of carbonyl (C=O) groups is 2. The second-order valence-electron chi connectivity index (χ2n) is 4.61. The maximum atomic E-state index is 11.9. The van der Waals surface area contributed by atoms with E-state index in [1.54, 1.807) is 6.07 Å². The van der Waals surface area contributed by atoms with E-state index in [4.69, 9.17) is 5.11 Å². The van der Waals surface area contributed by atoms with E-state index in [0.29, 0.717) is 11.3 Å². The van der Waals surface area contributed by atoms with Crippen molar-refractivity contribution in [3.05, 3.63) is 33.9 Å². The maximum Gasteiger partial charge on any atom is 0.307 e. The van der Waals surface area contributed by atoms with E-state index in [1.807, 2.05) is 0 Å². The summed E-state index contributed by atoms with van der Waals surface area (Å²) in [6.07, 6.45) is 0. The SMILES string of the molecule is Cc1c(NC(=O)C(C)C(C)C(=O)O)cccc1[N+](=O)[O-]. The number of benzene rings is 1. The Bertz CT molecular complexity index is 556. The Morgan fingerprint density at radius 3 is 2.40 bits per heavy atom. The summed E-state index contributed by atoms with van der Waals surface area (Å²) in [5, 5.41) is 22.2. The van der Waals surface area contributed by atoms with Crippen molar-refractivity contribution in [3.63, 3.8) is 0 Å². The molecule has 1 aromatic rings. The Hall–Kier alpha value is -2.44. The first-order valence-corrected chi connectivity index (χ1v) is 6.03. The lowest BCUT2D eigenvalue weighted by atomic mass is 9.95. The molecule has 2 N–H and O–H groups in total. The highest BCUT2D eigenvalue weighted by molar-refractivity contribution is 5.95. The molecule has 0 aliphatic carbocycles. The van der Waals surface area contributed by atoms with Crippen molar-refractivity contribution in [1.82, 2.24) is 0 Å². The lowest BCUT2D eigenvalue weighted by Gasteiger charge is -2.16. The summed E-state index contributed by atoms with van der Waals surface area (Å²) in [4.78, 5) is 33.1. The summed E-state index contributed by atoms with van der Waals surface area (Å²) < 4.78 is 0. The average molecular weight is 280 g/mol. The molecular formula is C13H16N2O5. The molecule has 2 atom stereocenters. The molecule has 0 bridgehead atoms. The minimum absolute atomic E-state index is 0.0956. The van der Waals surface area contributed by atoms with Gasteiger partial charge in [0.2, 0.25) is 5.91 Å². The summed E-state index contributed by atoms with van der Waals surface area (Å²) in [5.74, 6) is -3.13. The number of nitrogens with one attached hydrogen (secondary N) is 1. The number of carboxylic acids is 1. The van der Waals surface area contributed by atoms with Crippen LogP contribution in [0.4, 0.5) is 11.4 Å². The molecule has 0 aliphatic rings. The van der Waals surface area contributed by atoms with Crippen LogP contribution >= 0.6 is 0 Å². The van der Waals surface area contributed by atoms with E-state index < -0.39 is 28.6 Å². The van der Waals surface area contributed by atoms with Gasteiger partial charge in [-0.2, -0.15) is 0 Å². The van der Waals surface area contributed by atoms with E-state index in [9.17, 15) is 19.7 Å². The third-order valence-corrected chi connectivity index (χ3v) is 3.31. The number of amides is 1. The predicted molar refractivity (Wildman–Crippen MR) is 72.4 cm³/mol. The molecular weight excluding hydrogens is 264 g/mol. The fourth-order valence-corrected chi connectivity index (χ4v) is 1.64. The third kappa shape index (κ3) is 3.31. The zero-order valence-electron chi connectivity index (χ0n) is 11.4. The Morgan fingerprint density at radius 1 is 1.30 bits per heavy atom. The summed E-state index contributed by atoms with van der Waals surface area (Å²) in [6.45, 7) is 4.47. The monoisotopic (exact) mass is 280 g/mol. The van der Waals surface area contributed by atoms with E-state index in [-0.39, 0.29) is 5.69 Å². The van der Waals surface area contributed by atoms with Crippen LogP contribution in [0.5, 0.6) is 0 Å². The minimum atomic E-state index is -1.07. The fraction of sp³-hybridized carbons (Fsp3) is 0.385. The number of nitro groups is 1. The number of nitrogens with zero attached hydrogens (tertiary/aromatic N) is 1. The molecule has 1 aromatic carbocycles. The summed E-state index contributed by atoms with van der Waals surface area (Å²) in [5.41, 5.74) is 0.552. The molecule has 0 fully saturated rings. The lowest BCUT2D eigenvalue weighted by molar-refractivity contribution is -0.385. The van der Waals surface area contributed by atoms with Gasteiger partial charge in [-0.3, -0.25) is 19.7 Å². The highest BCUT2D eigenvalue weighted by Crippen LogP contribution is 2.26. The molecule has 0 radical (unpaired) electrons. The summed E-state index contributed by atoms with van der Waals surface area (Å²) in [7, 11) is 0. The van der Waals surface area contributed by atoms with Gasteiger partial charge in [-0.05, 0) is 13.0 Å². The molecule has 2 unspecified atom stereocenters. The summed E-state index contributed by atoms with van der Waals surface area (Å²) in [6, 6.07) is 4.35. The fourth-order valence-electron chi connectivity index (χ4n) is 1.64. The Morgan fingerprint density at radius 2 is 1.90 bits per heavy atom. The molecule has 0 saturated carbocycles. The number of hydrogen-bond donors (Lipinski definition) is 2. The normalized spacial score (nSPS) is 13.3. The number of hydrogen-bond acceptors (Lipinski definition) is 4. The zero-order chi connectivity index (χ0) is 15.4. The highest BCUT2D eigenvalue weighted by Gasteiger charge is 2.26. The van der Waals surface area contributed by atoms with Crippen molar-refractivity contribution >= 4 is 23.3 Å². The van der Waals surface area contributed by atoms with E-state index in [1.165, 1.54) is 32.9 Å². The van der Waals surface area contributed by atoms with Crippen LogP contribution in [0.2, 0.25) is 0 Å². The molecule has 0 aliphatic heterocycles. The molecule has 1 rings (SSSR count). The topological polar surface area (TPSA) is 110 Å². The predicted octanol–water partition coefficient (Wildman–Crippen LogP) is 2.20. The van der Waals surface area contributed by atoms with Crippen LogP contribution in [0.15, 0.2) is 18.2 Å². The van der Waals surface area contributed by atoms with Gasteiger partial charge in [-0.15, -0.1) is 0 Å². The number of rotatable bonds is 5. The average Bonchev–Trinajstić information content (AvgIpc) is 2.38. The second kappa shape index (κ2) is 6.14. The molecule has 0 spiro atoms. The van der Waals surface area contributed by atoms with Gasteiger partial charge in [0, 0.05) is 12.0 Å². The quantitative estimate of drug-likeness (QED) is 0.634. The largest absolute Gasteiger partial charge is 0.481 e. The number of carboxylic acid groups (broad SMARTS) is 1. The molecule has 0 saturated heterocycles. The van der Waals surface area contributed by atoms with Gasteiger partial charge in [0.15, 0.2) is 0 Å². The number of anilines is 1. The van der Waals surface area contributed by atoms with E-state index >= 15 is 0 Å². The Kier molecular flexibility index (Phi) is 4.79. The van der Waals surface area contributed by atoms with Crippen molar-refractivity contribution in [1.29, 1.82) is 0 Å². The Labute approximate surface area is 115 Å². The van der Waals surface area contributed by atoms with Crippen LogP contribution in [-0.4, -0.2) is 21.9 Å². The standard InChI is InChI=1S/C13H16N2O5/c1-7(8(2)13(17)18)12(16)14-10-5-4-6-11(9(10)3)15(19)20/h4-8H,1-3H3,(H,14,16)(H,17,18). The first-order chi connectivity index (χ1) is 9.25. The van der Waals surface area contributed by atoms with Crippen LogP contribution in [-0.2, 0) is 9.59 Å². The van der Waals surface area contributed by atoms with Gasteiger partial charge in [-0.25, -0.2) is 0 Å². The molecule has 0 heterocycles. The summed E-state index contributed by atoms with van der Waals surface area (Å²) >= 11 is 0. The van der Waals surface area contributed by atoms with Crippen LogP contribution in [0.3, 0.4) is 0 Å². The molecule has 7 nitrogen and oxygen atoms in total. The third-order valence-electron chi connectivity index (χ3n) is 3.31. The number of carbonyl (C=O) groups excluding carboxylic acids is 1.